The van der Waals surface area contributed by atoms with Crippen molar-refractivity contribution in [1.82, 2.24) is 0 Å². The van der Waals surface area contributed by atoms with E-state index < -0.39 is 5.97 Å². The highest BCUT2D eigenvalue weighted by Crippen LogP contribution is 2.30. The van der Waals surface area contributed by atoms with E-state index in [9.17, 15) is 4.79 Å². The highest BCUT2D eigenvalue weighted by atomic mass is 16.6. The van der Waals surface area contributed by atoms with Gasteiger partial charge in [0, 0.05) is 0 Å². The van der Waals surface area contributed by atoms with Crippen LogP contribution in [-0.2, 0) is 9.53 Å². The normalized spacial score (nSPS) is 20.1. The van der Waals surface area contributed by atoms with E-state index in [0.29, 0.717) is 0 Å². The number of esters is 1. The lowest BCUT2D eigenvalue weighted by Gasteiger charge is -2.31. The van der Waals surface area contributed by atoms with Crippen molar-refractivity contribution < 1.29 is 14.3 Å². The van der Waals surface area contributed by atoms with Crippen molar-refractivity contribution in [3.8, 4) is 0 Å². The average molecular weight is 182 g/mol. The Labute approximate surface area is 77.5 Å². The molecule has 0 radical (unpaired) electrons. The molecule has 72 valence electrons. The predicted octanol–water partition coefficient (Wildman–Crippen LogP) is 1.55. The largest absolute Gasteiger partial charge is 0.451 e. The van der Waals surface area contributed by atoms with Crippen LogP contribution in [0.15, 0.2) is 0 Å². The zero-order chi connectivity index (χ0) is 9.73. The molecule has 0 aromatic carbocycles. The molecule has 0 spiro atoms. The summed E-state index contributed by atoms with van der Waals surface area (Å²) < 4.78 is 5.17. The monoisotopic (exact) mass is 182 g/mol. The molecule has 0 saturated heterocycles. The summed E-state index contributed by atoms with van der Waals surface area (Å²) in [5.74, 6) is -0.563. The Balaban J connectivity index is 2.49. The predicted molar refractivity (Wildman–Crippen MR) is 47.3 cm³/mol. The van der Waals surface area contributed by atoms with Crippen LogP contribution in [0.3, 0.4) is 0 Å². The molecule has 0 heterocycles. The van der Waals surface area contributed by atoms with Crippen LogP contribution in [0.2, 0.25) is 0 Å². The molecule has 0 unspecified atom stereocenters. The van der Waals surface area contributed by atoms with Crippen LogP contribution in [-0.4, -0.2) is 22.6 Å². The number of carbonyl (C=O) groups is 1. The third kappa shape index (κ3) is 2.99. The lowest BCUT2D eigenvalue weighted by molar-refractivity contribution is -0.155. The summed E-state index contributed by atoms with van der Waals surface area (Å²) in [6.07, 6.45) is 6.00. The number of carbonyl (C=O) groups excluding carboxylic acids is 1. The first-order valence-electron chi connectivity index (χ1n) is 4.57. The van der Waals surface area contributed by atoms with Gasteiger partial charge in [0.05, 0.1) is 0 Å². The molecular formula is C9H14N2O2. The maximum Gasteiger partial charge on any atom is 0.414 e. The molecule has 0 N–H and O–H groups in total. The third-order valence-corrected chi connectivity index (χ3v) is 2.42. The molecule has 0 aromatic rings. The summed E-state index contributed by atoms with van der Waals surface area (Å²) in [5, 5.41) is 0. The summed E-state index contributed by atoms with van der Waals surface area (Å²) >= 11 is 0. The number of ether oxygens (including phenoxy) is 1. The molecule has 1 rings (SSSR count). The van der Waals surface area contributed by atoms with Gasteiger partial charge in [0.25, 0.3) is 0 Å². The van der Waals surface area contributed by atoms with E-state index in [0.717, 1.165) is 31.9 Å². The van der Waals surface area contributed by atoms with Gasteiger partial charge in [-0.3, -0.25) is 0 Å². The summed E-state index contributed by atoms with van der Waals surface area (Å²) in [7, 11) is 0. The minimum Gasteiger partial charge on any atom is -0.451 e. The van der Waals surface area contributed by atoms with Crippen LogP contribution in [0.1, 0.15) is 39.0 Å². The molecule has 1 fully saturated rings. The summed E-state index contributed by atoms with van der Waals surface area (Å²) in [4.78, 5) is 13.6. The van der Waals surface area contributed by atoms with Crippen LogP contribution in [0.25, 0.3) is 5.53 Å². The van der Waals surface area contributed by atoms with E-state index in [1.807, 2.05) is 6.92 Å². The van der Waals surface area contributed by atoms with Gasteiger partial charge in [-0.2, -0.15) is 4.79 Å². The van der Waals surface area contributed by atoms with Crippen LogP contribution in [0.4, 0.5) is 0 Å². The lowest BCUT2D eigenvalue weighted by atomic mass is 9.86. The smallest absolute Gasteiger partial charge is 0.414 e. The van der Waals surface area contributed by atoms with Gasteiger partial charge in [0.2, 0.25) is 0 Å². The fraction of sp³-hybridized carbons (Fsp3) is 0.778. The van der Waals surface area contributed by atoms with E-state index in [1.54, 1.807) is 0 Å². The van der Waals surface area contributed by atoms with Crippen molar-refractivity contribution in [2.75, 3.05) is 0 Å². The number of hydrogen-bond donors (Lipinski definition) is 0. The number of nitrogens with zero attached hydrogens (tertiary/aromatic N) is 2. The van der Waals surface area contributed by atoms with Gasteiger partial charge < -0.3 is 10.3 Å². The molecule has 1 aliphatic rings. The number of hydrogen-bond acceptors (Lipinski definition) is 2. The molecule has 0 atom stereocenters. The van der Waals surface area contributed by atoms with Gasteiger partial charge in [-0.05, 0) is 32.6 Å². The van der Waals surface area contributed by atoms with E-state index in [-0.39, 0.29) is 5.60 Å². The van der Waals surface area contributed by atoms with Crippen molar-refractivity contribution in [2.45, 2.75) is 44.6 Å². The molecule has 1 aliphatic carbocycles. The molecule has 0 amide bonds. The van der Waals surface area contributed by atoms with Crippen molar-refractivity contribution in [3.63, 3.8) is 0 Å². The van der Waals surface area contributed by atoms with Gasteiger partial charge in [-0.15, -0.1) is 0 Å². The van der Waals surface area contributed by atoms with Gasteiger partial charge in [0.1, 0.15) is 5.60 Å². The summed E-state index contributed by atoms with van der Waals surface area (Å²) in [6, 6.07) is 0. The second-order valence-corrected chi connectivity index (χ2v) is 3.68. The minimum atomic E-state index is -0.563. The second kappa shape index (κ2) is 4.19. The van der Waals surface area contributed by atoms with Gasteiger partial charge in [-0.1, -0.05) is 6.42 Å². The Morgan fingerprint density at radius 1 is 1.46 bits per heavy atom. The maximum absolute atomic E-state index is 11.0. The Hall–Kier alpha value is -1.15. The van der Waals surface area contributed by atoms with Crippen LogP contribution < -0.4 is 0 Å². The molecule has 4 nitrogen and oxygen atoms in total. The Bertz CT molecular complexity index is 238. The lowest BCUT2D eigenvalue weighted by Crippen LogP contribution is -2.34. The fourth-order valence-electron chi connectivity index (χ4n) is 1.72. The van der Waals surface area contributed by atoms with E-state index in [1.165, 1.54) is 6.42 Å². The summed E-state index contributed by atoms with van der Waals surface area (Å²) in [6.45, 7) is 1.93. The van der Waals surface area contributed by atoms with Gasteiger partial charge >= 0.3 is 12.2 Å². The number of rotatable bonds is 2. The maximum atomic E-state index is 11.0. The molecule has 4 heteroatoms. The Morgan fingerprint density at radius 3 is 2.62 bits per heavy atom. The van der Waals surface area contributed by atoms with Gasteiger partial charge in [-0.25, -0.2) is 4.79 Å². The van der Waals surface area contributed by atoms with Gasteiger partial charge in [0.15, 0.2) is 0 Å². The zero-order valence-corrected chi connectivity index (χ0v) is 7.82. The fourth-order valence-corrected chi connectivity index (χ4v) is 1.72. The molecule has 0 aromatic heterocycles. The Kier molecular flexibility index (Phi) is 3.20. The standard InChI is InChI=1S/C9H14N2O2/c1-9(5-3-2-4-6-9)13-8(12)7-11-10/h7H,2-6H2,1H3. The first kappa shape index (κ1) is 9.93. The van der Waals surface area contributed by atoms with E-state index in [4.69, 9.17) is 10.3 Å². The highest BCUT2D eigenvalue weighted by molar-refractivity contribution is 6.20. The topological polar surface area (TPSA) is 62.7 Å². The third-order valence-electron chi connectivity index (χ3n) is 2.42. The quantitative estimate of drug-likeness (QED) is 0.281. The molecule has 0 bridgehead atoms. The molecule has 1 saturated carbocycles. The van der Waals surface area contributed by atoms with Crippen molar-refractivity contribution in [2.24, 2.45) is 0 Å². The van der Waals surface area contributed by atoms with Crippen LogP contribution in [0, 0.1) is 0 Å². The zero-order valence-electron chi connectivity index (χ0n) is 7.82. The van der Waals surface area contributed by atoms with Crippen molar-refractivity contribution >= 4 is 12.2 Å². The van der Waals surface area contributed by atoms with Crippen LogP contribution in [0.5, 0.6) is 0 Å². The molecule has 0 aliphatic heterocycles. The second-order valence-electron chi connectivity index (χ2n) is 3.68. The van der Waals surface area contributed by atoms with E-state index >= 15 is 0 Å². The van der Waals surface area contributed by atoms with Crippen molar-refractivity contribution in [3.05, 3.63) is 5.53 Å². The SMILES string of the molecule is CC1(OC(=O)C=[N+]=[N-])CCCCC1. The Morgan fingerprint density at radius 2 is 2.08 bits per heavy atom. The summed E-state index contributed by atoms with van der Waals surface area (Å²) in [5.41, 5.74) is 7.77. The first-order chi connectivity index (χ1) is 6.16. The molecular weight excluding hydrogens is 168 g/mol. The van der Waals surface area contributed by atoms with Crippen LogP contribution >= 0.6 is 0 Å². The highest BCUT2D eigenvalue weighted by Gasteiger charge is 2.31. The molecule has 13 heavy (non-hydrogen) atoms. The minimum absolute atomic E-state index is 0.351. The first-order valence-corrected chi connectivity index (χ1v) is 4.57. The average Bonchev–Trinajstić information content (AvgIpc) is 2.04. The van der Waals surface area contributed by atoms with E-state index in [2.05, 4.69) is 4.79 Å². The van der Waals surface area contributed by atoms with Crippen molar-refractivity contribution in [1.29, 1.82) is 0 Å².